The minimum atomic E-state index is -0.175. The molecule has 0 radical (unpaired) electrons. The molecule has 0 aliphatic carbocycles. The van der Waals surface area contributed by atoms with E-state index in [4.69, 9.17) is 0 Å². The van der Waals surface area contributed by atoms with Crippen molar-refractivity contribution in [3.8, 4) is 0 Å². The van der Waals surface area contributed by atoms with Crippen LogP contribution in [0.15, 0.2) is 23.1 Å². The Hall–Kier alpha value is -1.24. The molecule has 0 amide bonds. The molecule has 1 aliphatic heterocycles. The van der Waals surface area contributed by atoms with Gasteiger partial charge in [0.1, 0.15) is 4.83 Å². The van der Waals surface area contributed by atoms with E-state index >= 15 is 0 Å². The molecule has 7 heteroatoms. The van der Waals surface area contributed by atoms with E-state index < -0.39 is 0 Å². The summed E-state index contributed by atoms with van der Waals surface area (Å²) in [5.41, 5.74) is -0.175. The first kappa shape index (κ1) is 14.2. The molecule has 19 heavy (non-hydrogen) atoms. The molecule has 3 rings (SSSR count). The summed E-state index contributed by atoms with van der Waals surface area (Å²) in [7, 11) is 2.11. The maximum Gasteiger partial charge on any atom is 0.282 e. The van der Waals surface area contributed by atoms with Crippen molar-refractivity contribution in [2.24, 2.45) is 0 Å². The fraction of sp³-hybridized carbons (Fsp3) is 0.417. The number of nitrogens with zero attached hydrogens (tertiary/aromatic N) is 4. The second kappa shape index (κ2) is 5.81. The lowest BCUT2D eigenvalue weighted by atomic mass is 10.3. The summed E-state index contributed by atoms with van der Waals surface area (Å²) >= 11 is 1.49. The van der Waals surface area contributed by atoms with Gasteiger partial charge in [-0.05, 0) is 19.2 Å². The first-order chi connectivity index (χ1) is 8.74. The number of anilines is 1. The van der Waals surface area contributed by atoms with E-state index in [0.717, 1.165) is 36.1 Å². The molecule has 5 nitrogen and oxygen atoms in total. The van der Waals surface area contributed by atoms with Gasteiger partial charge in [-0.2, -0.15) is 4.98 Å². The minimum absolute atomic E-state index is 0. The third-order valence-corrected chi connectivity index (χ3v) is 4.21. The van der Waals surface area contributed by atoms with Gasteiger partial charge >= 0.3 is 0 Å². The van der Waals surface area contributed by atoms with E-state index in [1.807, 2.05) is 0 Å². The Morgan fingerprint density at radius 2 is 2.00 bits per heavy atom. The van der Waals surface area contributed by atoms with Gasteiger partial charge in [-0.15, -0.1) is 12.4 Å². The average Bonchev–Trinajstić information content (AvgIpc) is 2.39. The monoisotopic (exact) mass is 298 g/mol. The Labute approximate surface area is 121 Å². The molecule has 1 fully saturated rings. The molecule has 0 saturated carbocycles. The second-order valence-corrected chi connectivity index (χ2v) is 5.40. The second-order valence-electron chi connectivity index (χ2n) is 4.45. The zero-order chi connectivity index (χ0) is 12.5. The summed E-state index contributed by atoms with van der Waals surface area (Å²) in [6, 6.07) is 3.55. The van der Waals surface area contributed by atoms with Crippen molar-refractivity contribution in [1.82, 2.24) is 14.9 Å². The maximum absolute atomic E-state index is 11.9. The van der Waals surface area contributed by atoms with Crippen LogP contribution in [0.3, 0.4) is 0 Å². The summed E-state index contributed by atoms with van der Waals surface area (Å²) in [6.45, 7) is 3.83. The van der Waals surface area contributed by atoms with Gasteiger partial charge in [0.2, 0.25) is 0 Å². The van der Waals surface area contributed by atoms with Gasteiger partial charge in [0.25, 0.3) is 5.56 Å². The maximum atomic E-state index is 11.9. The zero-order valence-corrected chi connectivity index (χ0v) is 12.2. The van der Waals surface area contributed by atoms with E-state index in [0.29, 0.717) is 5.39 Å². The van der Waals surface area contributed by atoms with E-state index in [1.165, 1.54) is 11.3 Å². The normalized spacial score (nSPS) is 16.4. The first-order valence-electron chi connectivity index (χ1n) is 5.93. The summed E-state index contributed by atoms with van der Waals surface area (Å²) in [5.74, 6) is 0. The van der Waals surface area contributed by atoms with Crippen LogP contribution in [0.5, 0.6) is 0 Å². The molecule has 0 unspecified atom stereocenters. The molecule has 2 aromatic heterocycles. The Morgan fingerprint density at radius 3 is 2.74 bits per heavy atom. The van der Waals surface area contributed by atoms with E-state index in [9.17, 15) is 4.79 Å². The molecule has 2 aromatic rings. The van der Waals surface area contributed by atoms with Crippen LogP contribution in [0.1, 0.15) is 0 Å². The van der Waals surface area contributed by atoms with Crippen LogP contribution in [-0.4, -0.2) is 48.1 Å². The minimum Gasteiger partial charge on any atom is -0.345 e. The van der Waals surface area contributed by atoms with Crippen LogP contribution in [0.4, 0.5) is 5.13 Å². The highest BCUT2D eigenvalue weighted by Gasteiger charge is 2.17. The number of likely N-dealkylation sites (N-methyl/N-ethyl adjacent to an activating group) is 1. The summed E-state index contributed by atoms with van der Waals surface area (Å²) in [5, 5.41) is 1.40. The molecule has 102 valence electrons. The first-order valence-corrected chi connectivity index (χ1v) is 6.75. The lowest BCUT2D eigenvalue weighted by Crippen LogP contribution is -2.44. The van der Waals surface area contributed by atoms with Gasteiger partial charge in [0.15, 0.2) is 5.13 Å². The number of hydrogen-bond acceptors (Lipinski definition) is 6. The number of fused-ring (bicyclic) bond motifs is 1. The molecule has 1 aliphatic rings. The molecule has 1 saturated heterocycles. The van der Waals surface area contributed by atoms with Crippen molar-refractivity contribution in [2.75, 3.05) is 38.1 Å². The highest BCUT2D eigenvalue weighted by atomic mass is 35.5. The number of hydrogen-bond donors (Lipinski definition) is 0. The van der Waals surface area contributed by atoms with Crippen molar-refractivity contribution < 1.29 is 0 Å². The highest BCUT2D eigenvalue weighted by Crippen LogP contribution is 2.22. The van der Waals surface area contributed by atoms with Crippen molar-refractivity contribution in [3.63, 3.8) is 0 Å². The Kier molecular flexibility index (Phi) is 4.34. The fourth-order valence-electron chi connectivity index (χ4n) is 2.02. The Morgan fingerprint density at radius 1 is 1.26 bits per heavy atom. The molecule has 0 N–H and O–H groups in total. The molecule has 3 heterocycles. The molecule has 0 atom stereocenters. The van der Waals surface area contributed by atoms with Crippen molar-refractivity contribution in [1.29, 1.82) is 0 Å². The largest absolute Gasteiger partial charge is 0.345 e. The zero-order valence-electron chi connectivity index (χ0n) is 10.6. The third-order valence-electron chi connectivity index (χ3n) is 3.16. The van der Waals surface area contributed by atoms with Gasteiger partial charge in [-0.1, -0.05) is 11.3 Å². The highest BCUT2D eigenvalue weighted by molar-refractivity contribution is 7.21. The van der Waals surface area contributed by atoms with E-state index in [2.05, 4.69) is 26.8 Å². The Balaban J connectivity index is 0.00000133. The molecular weight excluding hydrogens is 284 g/mol. The van der Waals surface area contributed by atoms with Crippen molar-refractivity contribution in [3.05, 3.63) is 28.7 Å². The van der Waals surface area contributed by atoms with Crippen molar-refractivity contribution >= 4 is 39.1 Å². The van der Waals surface area contributed by atoms with Gasteiger partial charge in [-0.3, -0.25) is 4.79 Å². The number of aromatic nitrogens is 2. The average molecular weight is 299 g/mol. The van der Waals surface area contributed by atoms with Crippen molar-refractivity contribution in [2.45, 2.75) is 0 Å². The SMILES string of the molecule is CN1CCN(c2nc(=O)c3cccnc3s2)CC1.Cl. The standard InChI is InChI=1S/C12H14N4OS.ClH/c1-15-5-7-16(8-6-15)12-14-10(17)9-3-2-4-13-11(9)18-12;/h2-4H,5-8H2,1H3;1H. The quantitative estimate of drug-likeness (QED) is 0.792. The molecule has 0 bridgehead atoms. The predicted molar refractivity (Wildman–Crippen MR) is 80.6 cm³/mol. The van der Waals surface area contributed by atoms with Crippen LogP contribution in [0.2, 0.25) is 0 Å². The van der Waals surface area contributed by atoms with Crippen LogP contribution in [-0.2, 0) is 0 Å². The lowest BCUT2D eigenvalue weighted by Gasteiger charge is -2.32. The van der Waals surface area contributed by atoms with E-state index in [-0.39, 0.29) is 18.0 Å². The van der Waals surface area contributed by atoms with Crippen LogP contribution >= 0.6 is 23.7 Å². The fourth-order valence-corrected chi connectivity index (χ4v) is 3.02. The van der Waals surface area contributed by atoms with Crippen LogP contribution < -0.4 is 10.5 Å². The summed E-state index contributed by atoms with van der Waals surface area (Å²) < 4.78 is 0. The summed E-state index contributed by atoms with van der Waals surface area (Å²) in [6.07, 6.45) is 1.71. The van der Waals surface area contributed by atoms with E-state index in [1.54, 1.807) is 18.3 Å². The third kappa shape index (κ3) is 2.86. The number of pyridine rings is 1. The smallest absolute Gasteiger partial charge is 0.282 e. The number of halogens is 1. The molecule has 0 spiro atoms. The molecular formula is C12H15ClN4OS. The number of rotatable bonds is 1. The summed E-state index contributed by atoms with van der Waals surface area (Å²) in [4.78, 5) is 25.6. The van der Waals surface area contributed by atoms with Gasteiger partial charge in [0.05, 0.1) is 5.39 Å². The van der Waals surface area contributed by atoms with Gasteiger partial charge in [0, 0.05) is 32.4 Å². The molecule has 0 aromatic carbocycles. The van der Waals surface area contributed by atoms with Gasteiger partial charge < -0.3 is 9.80 Å². The topological polar surface area (TPSA) is 49.3 Å². The predicted octanol–water partition coefficient (Wildman–Crippen LogP) is 1.23. The van der Waals surface area contributed by atoms with Gasteiger partial charge in [-0.25, -0.2) is 4.98 Å². The van der Waals surface area contributed by atoms with Crippen LogP contribution in [0, 0.1) is 0 Å². The number of piperazine rings is 1. The van der Waals surface area contributed by atoms with Crippen LogP contribution in [0.25, 0.3) is 10.2 Å². The lowest BCUT2D eigenvalue weighted by molar-refractivity contribution is 0.312. The Bertz CT molecular complexity index is 624.